The van der Waals surface area contributed by atoms with Gasteiger partial charge in [0.15, 0.2) is 0 Å². The van der Waals surface area contributed by atoms with Crippen LogP contribution in [0, 0.1) is 17.1 Å². The van der Waals surface area contributed by atoms with Gasteiger partial charge in [-0.25, -0.2) is 9.38 Å². The summed E-state index contributed by atoms with van der Waals surface area (Å²) in [4.78, 5) is 30.0. The molecule has 0 unspecified atom stereocenters. The Morgan fingerprint density at radius 2 is 1.58 bits per heavy atom. The van der Waals surface area contributed by atoms with Crippen molar-refractivity contribution in [1.82, 2.24) is 10.6 Å². The maximum Gasteiger partial charge on any atom is 0.264 e. The number of carbonyl (C=O) groups is 2. The molecule has 0 saturated carbocycles. The second-order valence-electron chi connectivity index (χ2n) is 7.38. The Labute approximate surface area is 190 Å². The van der Waals surface area contributed by atoms with E-state index in [1.165, 1.54) is 18.2 Å². The average molecular weight is 438 g/mol. The molecule has 1 aliphatic heterocycles. The van der Waals surface area contributed by atoms with Crippen molar-refractivity contribution in [3.8, 4) is 6.07 Å². The molecule has 6 nitrogen and oxygen atoms in total. The maximum absolute atomic E-state index is 14.0. The fourth-order valence-electron chi connectivity index (χ4n) is 3.54. The lowest BCUT2D eigenvalue weighted by Gasteiger charge is -2.14. The van der Waals surface area contributed by atoms with Crippen LogP contribution in [-0.2, 0) is 4.79 Å². The highest BCUT2D eigenvalue weighted by Crippen LogP contribution is 2.31. The van der Waals surface area contributed by atoms with Crippen LogP contribution in [0.25, 0.3) is 5.70 Å². The number of nitriles is 1. The van der Waals surface area contributed by atoms with Crippen LogP contribution in [0.3, 0.4) is 0 Å². The highest BCUT2D eigenvalue weighted by molar-refractivity contribution is 6.20. The van der Waals surface area contributed by atoms with E-state index < -0.39 is 17.6 Å². The first kappa shape index (κ1) is 21.7. The first-order chi connectivity index (χ1) is 16.0. The predicted octanol–water partition coefficient (Wildman–Crippen LogP) is 4.13. The molecule has 162 valence electrons. The molecule has 2 amide bonds. The zero-order valence-corrected chi connectivity index (χ0v) is 17.7. The number of nitrogens with zero attached hydrogens (tertiary/aromatic N) is 2. The van der Waals surface area contributed by atoms with Crippen LogP contribution in [0.5, 0.6) is 0 Å². The van der Waals surface area contributed by atoms with Crippen LogP contribution in [0.1, 0.15) is 40.0 Å². The third kappa shape index (κ3) is 4.41. The highest BCUT2D eigenvalue weighted by atomic mass is 19.1. The third-order valence-electron chi connectivity index (χ3n) is 5.23. The smallest absolute Gasteiger partial charge is 0.264 e. The second-order valence-corrected chi connectivity index (χ2v) is 7.38. The van der Waals surface area contributed by atoms with Crippen LogP contribution in [0.15, 0.2) is 89.4 Å². The van der Waals surface area contributed by atoms with Crippen LogP contribution in [0.4, 0.5) is 4.39 Å². The summed E-state index contributed by atoms with van der Waals surface area (Å²) < 4.78 is 14.0. The molecule has 0 saturated heterocycles. The summed E-state index contributed by atoms with van der Waals surface area (Å²) in [5, 5.41) is 15.2. The molecule has 0 bridgehead atoms. The molecule has 1 heterocycles. The number of aliphatic imine (C=N–C) groups is 1. The normalized spacial score (nSPS) is 14.4. The molecule has 4 rings (SSSR count). The first-order valence-corrected chi connectivity index (χ1v) is 10.2. The van der Waals surface area contributed by atoms with Gasteiger partial charge in [-0.15, -0.1) is 0 Å². The number of amides is 2. The molecule has 1 atom stereocenters. The van der Waals surface area contributed by atoms with Crippen molar-refractivity contribution in [2.24, 2.45) is 4.99 Å². The minimum absolute atomic E-state index is 0.134. The molecular formula is C26H19FN4O2. The molecular weight excluding hydrogens is 419 g/mol. The van der Waals surface area contributed by atoms with Crippen molar-refractivity contribution < 1.29 is 14.0 Å². The van der Waals surface area contributed by atoms with E-state index in [-0.39, 0.29) is 28.7 Å². The molecule has 3 aromatic carbocycles. The zero-order chi connectivity index (χ0) is 23.4. The van der Waals surface area contributed by atoms with Crippen molar-refractivity contribution in [3.63, 3.8) is 0 Å². The topological polar surface area (TPSA) is 94.3 Å². The van der Waals surface area contributed by atoms with E-state index in [1.807, 2.05) is 43.3 Å². The summed E-state index contributed by atoms with van der Waals surface area (Å²) >= 11 is 0. The SMILES string of the molecule is C[C@H](NC(=O)/C(C#N)=C1\N=C(NC(=O)c2ccccc2F)c2ccccc21)c1ccccc1. The summed E-state index contributed by atoms with van der Waals surface area (Å²) in [6.45, 7) is 1.82. The van der Waals surface area contributed by atoms with Crippen molar-refractivity contribution in [2.75, 3.05) is 0 Å². The number of benzene rings is 3. The van der Waals surface area contributed by atoms with Gasteiger partial charge in [-0.05, 0) is 24.6 Å². The number of hydrogen-bond donors (Lipinski definition) is 2. The van der Waals surface area contributed by atoms with Crippen molar-refractivity contribution in [2.45, 2.75) is 13.0 Å². The Hall–Kier alpha value is -4.57. The summed E-state index contributed by atoms with van der Waals surface area (Å²) in [6.07, 6.45) is 0. The van der Waals surface area contributed by atoms with E-state index in [0.717, 1.165) is 5.56 Å². The Morgan fingerprint density at radius 1 is 0.939 bits per heavy atom. The highest BCUT2D eigenvalue weighted by Gasteiger charge is 2.28. The fraction of sp³-hybridized carbons (Fsp3) is 0.0769. The molecule has 0 radical (unpaired) electrons. The third-order valence-corrected chi connectivity index (χ3v) is 5.23. The molecule has 0 aliphatic carbocycles. The second kappa shape index (κ2) is 9.28. The lowest BCUT2D eigenvalue weighted by Crippen LogP contribution is -2.31. The Kier molecular flexibility index (Phi) is 6.09. The molecule has 0 fully saturated rings. The molecule has 33 heavy (non-hydrogen) atoms. The lowest BCUT2D eigenvalue weighted by atomic mass is 10.0. The zero-order valence-electron chi connectivity index (χ0n) is 17.7. The number of fused-ring (bicyclic) bond motifs is 1. The fourth-order valence-corrected chi connectivity index (χ4v) is 3.54. The predicted molar refractivity (Wildman–Crippen MR) is 122 cm³/mol. The minimum Gasteiger partial charge on any atom is -0.345 e. The van der Waals surface area contributed by atoms with E-state index in [9.17, 15) is 19.2 Å². The van der Waals surface area contributed by atoms with Crippen LogP contribution in [0.2, 0.25) is 0 Å². The largest absolute Gasteiger partial charge is 0.345 e. The van der Waals surface area contributed by atoms with Crippen molar-refractivity contribution in [1.29, 1.82) is 5.26 Å². The number of nitrogens with one attached hydrogen (secondary N) is 2. The van der Waals surface area contributed by atoms with Crippen molar-refractivity contribution >= 4 is 23.3 Å². The maximum atomic E-state index is 14.0. The minimum atomic E-state index is -0.677. The quantitative estimate of drug-likeness (QED) is 0.474. The molecule has 7 heteroatoms. The summed E-state index contributed by atoms with van der Waals surface area (Å²) in [7, 11) is 0. The standard InChI is InChI=1S/C26H19FN4O2/c1-16(17-9-3-2-4-10-17)29-26(33)21(15-28)23-18-11-5-6-12-19(18)24(30-23)31-25(32)20-13-7-8-14-22(20)27/h2-14,16H,1H3,(H,29,33)(H,30,31,32)/b23-21-/t16-/m0/s1. The van der Waals surface area contributed by atoms with Gasteiger partial charge in [-0.3, -0.25) is 9.59 Å². The van der Waals surface area contributed by atoms with Gasteiger partial charge >= 0.3 is 0 Å². The Morgan fingerprint density at radius 3 is 2.27 bits per heavy atom. The molecule has 0 spiro atoms. The number of rotatable bonds is 4. The molecule has 3 aromatic rings. The number of carbonyl (C=O) groups excluding carboxylic acids is 2. The summed E-state index contributed by atoms with van der Waals surface area (Å²) in [5.41, 5.74) is 1.79. The van der Waals surface area contributed by atoms with Crippen LogP contribution >= 0.6 is 0 Å². The van der Waals surface area contributed by atoms with E-state index in [4.69, 9.17) is 0 Å². The number of hydrogen-bond acceptors (Lipinski definition) is 4. The van der Waals surface area contributed by atoms with Gasteiger partial charge in [0, 0.05) is 11.1 Å². The Balaban J connectivity index is 1.67. The molecule has 0 aromatic heterocycles. The van der Waals surface area contributed by atoms with E-state index in [2.05, 4.69) is 15.6 Å². The van der Waals surface area contributed by atoms with Crippen molar-refractivity contribution in [3.05, 3.63) is 113 Å². The molecule has 1 aliphatic rings. The van der Waals surface area contributed by atoms with Gasteiger partial charge < -0.3 is 10.6 Å². The Bertz CT molecular complexity index is 1340. The van der Waals surface area contributed by atoms with Gasteiger partial charge in [0.2, 0.25) is 0 Å². The van der Waals surface area contributed by atoms with Crippen LogP contribution < -0.4 is 10.6 Å². The van der Waals surface area contributed by atoms with Gasteiger partial charge in [0.25, 0.3) is 11.8 Å². The van der Waals surface area contributed by atoms with E-state index in [1.54, 1.807) is 30.3 Å². The lowest BCUT2D eigenvalue weighted by molar-refractivity contribution is -0.117. The van der Waals surface area contributed by atoms with Gasteiger partial charge in [-0.2, -0.15) is 5.26 Å². The summed E-state index contributed by atoms with van der Waals surface area (Å²) in [6, 6.07) is 23.5. The monoisotopic (exact) mass is 438 g/mol. The van der Waals surface area contributed by atoms with Gasteiger partial charge in [-0.1, -0.05) is 66.7 Å². The van der Waals surface area contributed by atoms with E-state index in [0.29, 0.717) is 11.1 Å². The van der Waals surface area contributed by atoms with Gasteiger partial charge in [0.05, 0.1) is 17.3 Å². The van der Waals surface area contributed by atoms with Gasteiger partial charge in [0.1, 0.15) is 23.3 Å². The average Bonchev–Trinajstić information content (AvgIpc) is 3.18. The van der Waals surface area contributed by atoms with E-state index >= 15 is 0 Å². The van der Waals surface area contributed by atoms with Crippen LogP contribution in [-0.4, -0.2) is 17.6 Å². The summed E-state index contributed by atoms with van der Waals surface area (Å²) in [5.74, 6) is -1.78. The number of amidine groups is 1. The number of halogens is 1. The first-order valence-electron chi connectivity index (χ1n) is 10.2. The molecule has 2 N–H and O–H groups in total.